The summed E-state index contributed by atoms with van der Waals surface area (Å²) in [7, 11) is 0. The largest absolute Gasteiger partial charge is 0.434 e. The van der Waals surface area contributed by atoms with Crippen molar-refractivity contribution >= 4 is 34.1 Å². The minimum absolute atomic E-state index is 0.0947. The maximum absolute atomic E-state index is 13.2. The Balaban J connectivity index is 2.09. The number of nitrogens with zero attached hydrogens (tertiary/aromatic N) is 2. The Labute approximate surface area is 132 Å². The highest BCUT2D eigenvalue weighted by Gasteiger charge is 2.35. The zero-order chi connectivity index (χ0) is 16.6. The summed E-state index contributed by atoms with van der Waals surface area (Å²) in [6, 6.07) is 9.47. The molecule has 0 aliphatic heterocycles. The fourth-order valence-electron chi connectivity index (χ4n) is 2.05. The van der Waals surface area contributed by atoms with E-state index in [9.17, 15) is 17.6 Å². The summed E-state index contributed by atoms with van der Waals surface area (Å²) in [6.07, 6.45) is -4.63. The first-order valence-electron chi connectivity index (χ1n) is 6.40. The second kappa shape index (κ2) is 5.66. The predicted octanol–water partition coefficient (Wildman–Crippen LogP) is 5.18. The molecule has 0 aliphatic rings. The van der Waals surface area contributed by atoms with Crippen LogP contribution in [-0.2, 0) is 6.18 Å². The van der Waals surface area contributed by atoms with E-state index in [1.165, 1.54) is 30.3 Å². The van der Waals surface area contributed by atoms with E-state index in [4.69, 9.17) is 11.6 Å². The minimum atomic E-state index is -4.63. The first-order chi connectivity index (χ1) is 10.8. The number of rotatable bonds is 2. The normalized spacial score (nSPS) is 11.7. The average Bonchev–Trinajstić information content (AvgIpc) is 2.49. The molecule has 3 nitrogen and oxygen atoms in total. The molecule has 0 radical (unpaired) electrons. The molecule has 0 saturated heterocycles. The van der Waals surface area contributed by atoms with Crippen LogP contribution in [0.4, 0.5) is 29.2 Å². The van der Waals surface area contributed by atoms with Gasteiger partial charge in [-0.1, -0.05) is 29.8 Å². The maximum atomic E-state index is 13.2. The van der Waals surface area contributed by atoms with Crippen LogP contribution < -0.4 is 5.32 Å². The van der Waals surface area contributed by atoms with Gasteiger partial charge in [-0.15, -0.1) is 0 Å². The van der Waals surface area contributed by atoms with Crippen LogP contribution in [0.1, 0.15) is 5.69 Å². The van der Waals surface area contributed by atoms with Crippen molar-refractivity contribution in [2.75, 3.05) is 5.32 Å². The minimum Gasteiger partial charge on any atom is -0.324 e. The Hall–Kier alpha value is -2.41. The van der Waals surface area contributed by atoms with Gasteiger partial charge in [-0.05, 0) is 24.3 Å². The monoisotopic (exact) mass is 341 g/mol. The van der Waals surface area contributed by atoms with Gasteiger partial charge in [0, 0.05) is 11.1 Å². The highest BCUT2D eigenvalue weighted by Crippen LogP contribution is 2.34. The van der Waals surface area contributed by atoms with Gasteiger partial charge in [0.05, 0.1) is 10.5 Å². The van der Waals surface area contributed by atoms with Crippen LogP contribution in [0.25, 0.3) is 10.9 Å². The SMILES string of the molecule is Fc1ccc(Nc2nc(C(F)(F)F)c3ccccc3n2)cc1Cl. The van der Waals surface area contributed by atoms with Crippen LogP contribution in [0, 0.1) is 5.82 Å². The van der Waals surface area contributed by atoms with Crippen molar-refractivity contribution in [1.29, 1.82) is 0 Å². The van der Waals surface area contributed by atoms with Gasteiger partial charge < -0.3 is 5.32 Å². The van der Waals surface area contributed by atoms with E-state index in [0.717, 1.165) is 6.07 Å². The molecule has 1 N–H and O–H groups in total. The van der Waals surface area contributed by atoms with Crippen molar-refractivity contribution < 1.29 is 17.6 Å². The molecular weight excluding hydrogens is 334 g/mol. The Morgan fingerprint density at radius 3 is 2.43 bits per heavy atom. The fraction of sp³-hybridized carbons (Fsp3) is 0.0667. The summed E-state index contributed by atoms with van der Waals surface area (Å²) < 4.78 is 52.6. The number of para-hydroxylation sites is 1. The Bertz CT molecular complexity index is 880. The molecule has 1 aromatic heterocycles. The van der Waals surface area contributed by atoms with E-state index in [0.29, 0.717) is 0 Å². The predicted molar refractivity (Wildman–Crippen MR) is 79.2 cm³/mol. The Kier molecular flexibility index (Phi) is 3.81. The highest BCUT2D eigenvalue weighted by atomic mass is 35.5. The summed E-state index contributed by atoms with van der Waals surface area (Å²) in [5.74, 6) is -0.883. The van der Waals surface area contributed by atoms with Crippen LogP contribution in [0.2, 0.25) is 5.02 Å². The third-order valence-corrected chi connectivity index (χ3v) is 3.34. The molecule has 8 heteroatoms. The fourth-order valence-corrected chi connectivity index (χ4v) is 2.23. The second-order valence-corrected chi connectivity index (χ2v) is 5.07. The van der Waals surface area contributed by atoms with Crippen molar-refractivity contribution in [1.82, 2.24) is 9.97 Å². The Morgan fingerprint density at radius 1 is 1.00 bits per heavy atom. The number of aromatic nitrogens is 2. The number of nitrogens with one attached hydrogen (secondary N) is 1. The topological polar surface area (TPSA) is 37.8 Å². The first kappa shape index (κ1) is 15.5. The van der Waals surface area contributed by atoms with Crippen LogP contribution in [-0.4, -0.2) is 9.97 Å². The number of alkyl halides is 3. The summed E-state index contributed by atoms with van der Waals surface area (Å²) in [5.41, 5.74) is -0.621. The smallest absolute Gasteiger partial charge is 0.324 e. The number of hydrogen-bond donors (Lipinski definition) is 1. The van der Waals surface area contributed by atoms with Crippen molar-refractivity contribution in [2.24, 2.45) is 0 Å². The van der Waals surface area contributed by atoms with Crippen LogP contribution >= 0.6 is 11.6 Å². The quantitative estimate of drug-likeness (QED) is 0.652. The van der Waals surface area contributed by atoms with Gasteiger partial charge in [-0.25, -0.2) is 14.4 Å². The van der Waals surface area contributed by atoms with Gasteiger partial charge in [-0.3, -0.25) is 0 Å². The number of benzene rings is 2. The van der Waals surface area contributed by atoms with Crippen molar-refractivity contribution in [3.8, 4) is 0 Å². The molecule has 0 atom stereocenters. The molecule has 118 valence electrons. The zero-order valence-electron chi connectivity index (χ0n) is 11.3. The molecule has 0 bridgehead atoms. The van der Waals surface area contributed by atoms with E-state index < -0.39 is 17.7 Å². The van der Waals surface area contributed by atoms with E-state index >= 15 is 0 Å². The van der Waals surface area contributed by atoms with E-state index in [-0.39, 0.29) is 27.6 Å². The van der Waals surface area contributed by atoms with Gasteiger partial charge in [-0.2, -0.15) is 13.2 Å². The molecule has 3 aromatic rings. The van der Waals surface area contributed by atoms with Gasteiger partial charge in [0.1, 0.15) is 5.82 Å². The average molecular weight is 342 g/mol. The summed E-state index contributed by atoms with van der Waals surface area (Å²) in [6.45, 7) is 0. The summed E-state index contributed by atoms with van der Waals surface area (Å²) in [4.78, 5) is 7.57. The van der Waals surface area contributed by atoms with E-state index in [1.54, 1.807) is 6.07 Å². The second-order valence-electron chi connectivity index (χ2n) is 4.66. The molecule has 0 spiro atoms. The third-order valence-electron chi connectivity index (χ3n) is 3.05. The standard InChI is InChI=1S/C15H8ClF4N3/c16-10-7-8(5-6-11(10)17)21-14-22-12-4-2-1-3-9(12)13(23-14)15(18,19)20/h1-7H,(H,21,22,23). The lowest BCUT2D eigenvalue weighted by Gasteiger charge is -2.12. The van der Waals surface area contributed by atoms with E-state index in [1.807, 2.05) is 0 Å². The third kappa shape index (κ3) is 3.19. The molecule has 0 amide bonds. The van der Waals surface area contributed by atoms with Crippen molar-refractivity contribution in [3.63, 3.8) is 0 Å². The lowest BCUT2D eigenvalue weighted by Crippen LogP contribution is -2.11. The zero-order valence-corrected chi connectivity index (χ0v) is 12.1. The number of halogens is 5. The van der Waals surface area contributed by atoms with Crippen LogP contribution in [0.15, 0.2) is 42.5 Å². The molecule has 0 aliphatic carbocycles. The molecule has 23 heavy (non-hydrogen) atoms. The van der Waals surface area contributed by atoms with Gasteiger partial charge >= 0.3 is 6.18 Å². The van der Waals surface area contributed by atoms with Gasteiger partial charge in [0.2, 0.25) is 5.95 Å². The summed E-state index contributed by atoms with van der Waals surface area (Å²) in [5, 5.41) is 2.35. The first-order valence-corrected chi connectivity index (χ1v) is 6.78. The van der Waals surface area contributed by atoms with Gasteiger partial charge in [0.25, 0.3) is 0 Å². The highest BCUT2D eigenvalue weighted by molar-refractivity contribution is 6.31. The lowest BCUT2D eigenvalue weighted by atomic mass is 10.2. The van der Waals surface area contributed by atoms with Gasteiger partial charge in [0.15, 0.2) is 5.69 Å². The van der Waals surface area contributed by atoms with Crippen molar-refractivity contribution in [2.45, 2.75) is 6.18 Å². The lowest BCUT2D eigenvalue weighted by molar-refractivity contribution is -0.139. The van der Waals surface area contributed by atoms with Crippen LogP contribution in [0.3, 0.4) is 0 Å². The molecule has 0 unspecified atom stereocenters. The summed E-state index contributed by atoms with van der Waals surface area (Å²) >= 11 is 5.64. The number of anilines is 2. The number of hydrogen-bond acceptors (Lipinski definition) is 3. The molecule has 0 saturated carbocycles. The molecule has 3 rings (SSSR count). The molecule has 2 aromatic carbocycles. The van der Waals surface area contributed by atoms with E-state index in [2.05, 4.69) is 15.3 Å². The number of fused-ring (bicyclic) bond motifs is 1. The van der Waals surface area contributed by atoms with Crippen LogP contribution in [0.5, 0.6) is 0 Å². The molecular formula is C15H8ClF4N3. The molecule has 1 heterocycles. The maximum Gasteiger partial charge on any atom is 0.434 e. The molecule has 0 fully saturated rings. The Morgan fingerprint density at radius 2 is 1.74 bits per heavy atom. The van der Waals surface area contributed by atoms with Crippen molar-refractivity contribution in [3.05, 3.63) is 59.0 Å².